The highest BCUT2D eigenvalue weighted by Gasteiger charge is 2.16. The third kappa shape index (κ3) is 8.05. The van der Waals surface area contributed by atoms with Crippen molar-refractivity contribution >= 4 is 80.9 Å². The molecule has 3 amide bonds. The molecule has 5 aromatic rings. The molecule has 0 bridgehead atoms. The smallest absolute Gasteiger partial charge is 0.272 e. The lowest BCUT2D eigenvalue weighted by atomic mass is 10.0. The number of halogens is 2. The van der Waals surface area contributed by atoms with Gasteiger partial charge in [0.05, 0.1) is 16.5 Å². The fraction of sp³-hybridized carbons (Fsp3) is 0.0294. The van der Waals surface area contributed by atoms with E-state index in [-0.39, 0.29) is 17.4 Å². The molecule has 0 aromatic heterocycles. The summed E-state index contributed by atoms with van der Waals surface area (Å²) in [6.45, 7) is 0. The fourth-order valence-electron chi connectivity index (χ4n) is 4.24. The molecule has 0 aliphatic rings. The minimum absolute atomic E-state index is 0.0972. The van der Waals surface area contributed by atoms with Crippen LogP contribution in [0.25, 0.3) is 16.8 Å². The number of benzene rings is 5. The Labute approximate surface area is 263 Å². The van der Waals surface area contributed by atoms with Gasteiger partial charge in [0.15, 0.2) is 0 Å². The highest BCUT2D eigenvalue weighted by atomic mass is 35.5. The second-order valence-electron chi connectivity index (χ2n) is 9.39. The Kier molecular flexibility index (Phi) is 9.79. The predicted octanol–water partition coefficient (Wildman–Crippen LogP) is 8.29. The highest BCUT2D eigenvalue weighted by molar-refractivity contribution is 8.00. The molecular weight excluding hydrogens is 601 g/mol. The summed E-state index contributed by atoms with van der Waals surface area (Å²) in [6.07, 6.45) is 1.67. The summed E-state index contributed by atoms with van der Waals surface area (Å²) in [6, 6.07) is 34.3. The van der Waals surface area contributed by atoms with Gasteiger partial charge in [-0.3, -0.25) is 14.4 Å². The zero-order valence-electron chi connectivity index (χ0n) is 22.6. The first-order valence-electron chi connectivity index (χ1n) is 13.2. The molecule has 214 valence electrons. The molecule has 0 atom stereocenters. The lowest BCUT2D eigenvalue weighted by molar-refractivity contribution is -0.114. The number of anilines is 2. The van der Waals surface area contributed by atoms with E-state index in [0.29, 0.717) is 27.0 Å². The molecule has 9 heteroatoms. The van der Waals surface area contributed by atoms with E-state index in [9.17, 15) is 14.4 Å². The Hall–Kier alpha value is -4.56. The first kappa shape index (κ1) is 29.9. The van der Waals surface area contributed by atoms with Crippen LogP contribution in [0.5, 0.6) is 0 Å². The van der Waals surface area contributed by atoms with Crippen molar-refractivity contribution < 1.29 is 14.4 Å². The average molecular weight is 627 g/mol. The molecule has 0 fully saturated rings. The molecule has 0 radical (unpaired) electrons. The molecule has 0 saturated carbocycles. The average Bonchev–Trinajstić information content (AvgIpc) is 3.02. The summed E-state index contributed by atoms with van der Waals surface area (Å²) in [5.74, 6) is -0.955. The minimum atomic E-state index is -0.476. The van der Waals surface area contributed by atoms with Crippen LogP contribution in [0.3, 0.4) is 0 Å². The molecule has 0 aliphatic heterocycles. The van der Waals surface area contributed by atoms with Crippen molar-refractivity contribution in [2.75, 3.05) is 16.4 Å². The summed E-state index contributed by atoms with van der Waals surface area (Å²) < 4.78 is 0. The van der Waals surface area contributed by atoms with Crippen LogP contribution >= 0.6 is 35.0 Å². The number of thioether (sulfide) groups is 1. The Balaban J connectivity index is 1.29. The van der Waals surface area contributed by atoms with Crippen LogP contribution in [0, 0.1) is 0 Å². The third-order valence-electron chi connectivity index (χ3n) is 6.34. The molecular formula is C34H25Cl2N3O3S. The number of carbonyl (C=O) groups excluding carboxylic acids is 3. The van der Waals surface area contributed by atoms with Crippen LogP contribution in [-0.4, -0.2) is 23.5 Å². The van der Waals surface area contributed by atoms with Crippen molar-refractivity contribution in [3.8, 4) is 0 Å². The molecule has 0 saturated heterocycles. The van der Waals surface area contributed by atoms with Gasteiger partial charge in [0.25, 0.3) is 11.8 Å². The summed E-state index contributed by atoms with van der Waals surface area (Å²) in [5, 5.41) is 11.2. The van der Waals surface area contributed by atoms with Gasteiger partial charge in [0.2, 0.25) is 5.91 Å². The van der Waals surface area contributed by atoms with E-state index in [1.807, 2.05) is 48.5 Å². The molecule has 0 aliphatic carbocycles. The molecule has 5 aromatic carbocycles. The van der Waals surface area contributed by atoms with Crippen LogP contribution in [0.1, 0.15) is 15.9 Å². The summed E-state index contributed by atoms with van der Waals surface area (Å²) in [7, 11) is 0. The summed E-state index contributed by atoms with van der Waals surface area (Å²) in [4.78, 5) is 39.7. The minimum Gasteiger partial charge on any atom is -0.324 e. The Morgan fingerprint density at radius 2 is 1.47 bits per heavy atom. The van der Waals surface area contributed by atoms with E-state index in [0.717, 1.165) is 21.2 Å². The molecule has 6 nitrogen and oxygen atoms in total. The summed E-state index contributed by atoms with van der Waals surface area (Å²) >= 11 is 13.4. The lowest BCUT2D eigenvalue weighted by Gasteiger charge is -2.13. The maximum Gasteiger partial charge on any atom is 0.272 e. The molecule has 3 N–H and O–H groups in total. The van der Waals surface area contributed by atoms with Crippen molar-refractivity contribution in [3.05, 3.63) is 142 Å². The van der Waals surface area contributed by atoms with Crippen molar-refractivity contribution in [1.82, 2.24) is 5.32 Å². The Morgan fingerprint density at radius 3 is 2.26 bits per heavy atom. The second-order valence-corrected chi connectivity index (χ2v) is 11.3. The second kappa shape index (κ2) is 14.1. The number of carbonyl (C=O) groups is 3. The van der Waals surface area contributed by atoms with Crippen molar-refractivity contribution in [3.63, 3.8) is 0 Å². The number of amides is 3. The predicted molar refractivity (Wildman–Crippen MR) is 177 cm³/mol. The molecule has 0 spiro atoms. The van der Waals surface area contributed by atoms with Gasteiger partial charge < -0.3 is 16.0 Å². The quantitative estimate of drug-likeness (QED) is 0.114. The van der Waals surface area contributed by atoms with E-state index < -0.39 is 11.8 Å². The third-order valence-corrected chi connectivity index (χ3v) is 7.91. The maximum absolute atomic E-state index is 13.5. The Morgan fingerprint density at radius 1 is 0.744 bits per heavy atom. The van der Waals surface area contributed by atoms with Gasteiger partial charge in [-0.15, -0.1) is 11.8 Å². The zero-order chi connectivity index (χ0) is 30.2. The van der Waals surface area contributed by atoms with Crippen LogP contribution in [0.2, 0.25) is 10.0 Å². The zero-order valence-corrected chi connectivity index (χ0v) is 25.0. The first-order valence-corrected chi connectivity index (χ1v) is 14.9. The van der Waals surface area contributed by atoms with Gasteiger partial charge in [-0.25, -0.2) is 0 Å². The van der Waals surface area contributed by atoms with Crippen LogP contribution in [0.15, 0.2) is 126 Å². The Bertz CT molecular complexity index is 1820. The molecule has 0 heterocycles. The monoisotopic (exact) mass is 625 g/mol. The number of rotatable bonds is 9. The van der Waals surface area contributed by atoms with E-state index in [2.05, 4.69) is 16.0 Å². The molecule has 5 rings (SSSR count). The standard InChI is InChI=1S/C34H25Cl2N3O3S/c35-25-13-18-29(36)30(20-25)38-32(40)21-43-27-16-14-26(15-17-27)37-34(42)31(39-33(41)23-8-2-1-3-9-23)19-24-11-6-10-22-7-4-5-12-28(22)24/h1-20H,21H2,(H,37,42)(H,38,40)(H,39,41)/b31-19-. The normalized spacial score (nSPS) is 11.2. The largest absolute Gasteiger partial charge is 0.324 e. The molecule has 43 heavy (non-hydrogen) atoms. The van der Waals surface area contributed by atoms with Gasteiger partial charge >= 0.3 is 0 Å². The van der Waals surface area contributed by atoms with Crippen LogP contribution < -0.4 is 16.0 Å². The van der Waals surface area contributed by atoms with Gasteiger partial charge in [-0.1, -0.05) is 83.9 Å². The van der Waals surface area contributed by atoms with E-state index in [1.165, 1.54) is 11.8 Å². The van der Waals surface area contributed by atoms with E-state index >= 15 is 0 Å². The van der Waals surface area contributed by atoms with E-state index in [1.54, 1.807) is 72.8 Å². The number of fused-ring (bicyclic) bond motifs is 1. The topological polar surface area (TPSA) is 87.3 Å². The van der Waals surface area contributed by atoms with Crippen molar-refractivity contribution in [2.45, 2.75) is 4.90 Å². The van der Waals surface area contributed by atoms with Gasteiger partial charge in [0.1, 0.15) is 5.70 Å². The van der Waals surface area contributed by atoms with Gasteiger partial charge in [0, 0.05) is 21.2 Å². The first-order chi connectivity index (χ1) is 20.9. The number of nitrogens with one attached hydrogen (secondary N) is 3. The maximum atomic E-state index is 13.5. The van der Waals surface area contributed by atoms with Crippen molar-refractivity contribution in [1.29, 1.82) is 0 Å². The summed E-state index contributed by atoms with van der Waals surface area (Å²) in [5.41, 5.74) is 2.30. The highest BCUT2D eigenvalue weighted by Crippen LogP contribution is 2.27. The van der Waals surface area contributed by atoms with Gasteiger partial charge in [-0.05, 0) is 77.0 Å². The number of hydrogen-bond donors (Lipinski definition) is 3. The number of hydrogen-bond acceptors (Lipinski definition) is 4. The van der Waals surface area contributed by atoms with Crippen molar-refractivity contribution in [2.24, 2.45) is 0 Å². The van der Waals surface area contributed by atoms with Crippen LogP contribution in [0.4, 0.5) is 11.4 Å². The van der Waals surface area contributed by atoms with Gasteiger partial charge in [-0.2, -0.15) is 0 Å². The van der Waals surface area contributed by atoms with E-state index in [4.69, 9.17) is 23.2 Å². The van der Waals surface area contributed by atoms with Crippen LogP contribution in [-0.2, 0) is 9.59 Å². The fourth-order valence-corrected chi connectivity index (χ4v) is 5.27. The molecule has 0 unspecified atom stereocenters. The lowest BCUT2D eigenvalue weighted by Crippen LogP contribution is -2.30. The SMILES string of the molecule is O=C(CSc1ccc(NC(=O)/C(=C/c2cccc3ccccc23)NC(=O)c2ccccc2)cc1)Nc1cc(Cl)ccc1Cl.